The second kappa shape index (κ2) is 9.22. The maximum absolute atomic E-state index is 12.6. The molecule has 168 valence electrons. The summed E-state index contributed by atoms with van der Waals surface area (Å²) in [6, 6.07) is 13.2. The smallest absolute Gasteiger partial charge is 0.261 e. The zero-order valence-electron chi connectivity index (χ0n) is 17.6. The molecule has 8 nitrogen and oxygen atoms in total. The average Bonchev–Trinajstić information content (AvgIpc) is 3.43. The Morgan fingerprint density at radius 2 is 1.50 bits per heavy atom. The number of imide groups is 1. The van der Waals surface area contributed by atoms with Crippen molar-refractivity contribution in [3.8, 4) is 0 Å². The van der Waals surface area contributed by atoms with E-state index in [1.807, 2.05) is 0 Å². The van der Waals surface area contributed by atoms with E-state index in [2.05, 4.69) is 5.32 Å². The highest BCUT2D eigenvalue weighted by molar-refractivity contribution is 7.89. The molecule has 0 saturated carbocycles. The molecule has 9 heteroatoms. The first-order valence-electron chi connectivity index (χ1n) is 10.7. The number of rotatable bonds is 8. The summed E-state index contributed by atoms with van der Waals surface area (Å²) >= 11 is 0. The minimum Gasteiger partial charge on any atom is -0.352 e. The topological polar surface area (TPSA) is 104 Å². The van der Waals surface area contributed by atoms with Crippen LogP contribution in [0.3, 0.4) is 0 Å². The number of carbonyl (C=O) groups excluding carboxylic acids is 3. The van der Waals surface area contributed by atoms with Gasteiger partial charge in [-0.25, -0.2) is 8.42 Å². The Bertz CT molecular complexity index is 1100. The van der Waals surface area contributed by atoms with Crippen LogP contribution in [0, 0.1) is 0 Å². The van der Waals surface area contributed by atoms with Crippen molar-refractivity contribution in [1.82, 2.24) is 14.5 Å². The van der Waals surface area contributed by atoms with Gasteiger partial charge in [-0.05, 0) is 49.1 Å². The largest absolute Gasteiger partial charge is 0.352 e. The number of hydrogen-bond donors (Lipinski definition) is 1. The molecule has 2 aromatic carbocycles. The number of nitrogens with one attached hydrogen (secondary N) is 1. The number of amides is 3. The summed E-state index contributed by atoms with van der Waals surface area (Å²) in [6.45, 7) is 1.57. The van der Waals surface area contributed by atoms with Gasteiger partial charge in [-0.15, -0.1) is 0 Å². The van der Waals surface area contributed by atoms with E-state index in [1.54, 1.807) is 48.5 Å². The number of nitrogens with zero attached hydrogens (tertiary/aromatic N) is 2. The molecule has 4 rings (SSSR count). The predicted octanol–water partition coefficient (Wildman–Crippen LogP) is 2.16. The fourth-order valence-electron chi connectivity index (χ4n) is 3.99. The van der Waals surface area contributed by atoms with Crippen LogP contribution in [0.5, 0.6) is 0 Å². The van der Waals surface area contributed by atoms with Crippen LogP contribution in [0.1, 0.15) is 52.0 Å². The van der Waals surface area contributed by atoms with Crippen molar-refractivity contribution in [3.63, 3.8) is 0 Å². The Balaban J connectivity index is 1.23. The molecule has 2 aromatic rings. The van der Waals surface area contributed by atoms with E-state index >= 15 is 0 Å². The van der Waals surface area contributed by atoms with Crippen LogP contribution in [0.4, 0.5) is 0 Å². The lowest BCUT2D eigenvalue weighted by molar-refractivity contribution is -0.121. The van der Waals surface area contributed by atoms with Crippen molar-refractivity contribution in [2.45, 2.75) is 37.1 Å². The van der Waals surface area contributed by atoms with Gasteiger partial charge in [0, 0.05) is 32.6 Å². The molecule has 32 heavy (non-hydrogen) atoms. The maximum atomic E-state index is 12.6. The lowest BCUT2D eigenvalue weighted by Gasteiger charge is -2.15. The molecule has 2 aliphatic rings. The highest BCUT2D eigenvalue weighted by atomic mass is 32.2. The molecular formula is C23H25N3O5S. The molecule has 0 atom stereocenters. The van der Waals surface area contributed by atoms with Gasteiger partial charge in [-0.1, -0.05) is 24.3 Å². The normalized spacial score (nSPS) is 16.4. The van der Waals surface area contributed by atoms with E-state index in [1.165, 1.54) is 9.21 Å². The van der Waals surface area contributed by atoms with Crippen LogP contribution in [-0.2, 0) is 21.4 Å². The zero-order chi connectivity index (χ0) is 22.7. The van der Waals surface area contributed by atoms with Gasteiger partial charge < -0.3 is 5.32 Å². The monoisotopic (exact) mass is 455 g/mol. The van der Waals surface area contributed by atoms with Gasteiger partial charge in [0.05, 0.1) is 16.0 Å². The number of benzene rings is 2. The Morgan fingerprint density at radius 3 is 2.09 bits per heavy atom. The third kappa shape index (κ3) is 4.44. The molecule has 0 aliphatic carbocycles. The fraction of sp³-hybridized carbons (Fsp3) is 0.348. The van der Waals surface area contributed by atoms with Gasteiger partial charge in [0.15, 0.2) is 0 Å². The number of hydrogen-bond acceptors (Lipinski definition) is 5. The van der Waals surface area contributed by atoms with Gasteiger partial charge in [0.1, 0.15) is 0 Å². The van der Waals surface area contributed by atoms with E-state index in [4.69, 9.17) is 0 Å². The Morgan fingerprint density at radius 1 is 0.906 bits per heavy atom. The van der Waals surface area contributed by atoms with Crippen molar-refractivity contribution in [3.05, 3.63) is 65.2 Å². The quantitative estimate of drug-likeness (QED) is 0.615. The van der Waals surface area contributed by atoms with E-state index in [0.717, 1.165) is 18.4 Å². The summed E-state index contributed by atoms with van der Waals surface area (Å²) < 4.78 is 26.6. The van der Waals surface area contributed by atoms with Crippen molar-refractivity contribution in [1.29, 1.82) is 0 Å². The standard InChI is InChI=1S/C23H25N3O5S/c27-21(8-5-15-26-22(28)19-6-1-2-7-20(19)23(26)29)24-16-17-9-11-18(12-10-17)32(30,31)25-13-3-4-14-25/h1-2,6-7,9-12H,3-5,8,13-16H2,(H,24,27). The summed E-state index contributed by atoms with van der Waals surface area (Å²) in [5.41, 5.74) is 1.59. The third-order valence-corrected chi connectivity index (χ3v) is 7.69. The van der Waals surface area contributed by atoms with Crippen LogP contribution in [0.25, 0.3) is 0 Å². The zero-order valence-corrected chi connectivity index (χ0v) is 18.4. The predicted molar refractivity (Wildman–Crippen MR) is 117 cm³/mol. The van der Waals surface area contributed by atoms with Gasteiger partial charge in [-0.2, -0.15) is 4.31 Å². The first-order chi connectivity index (χ1) is 15.4. The Hall–Kier alpha value is -3.04. The molecule has 0 radical (unpaired) electrons. The average molecular weight is 456 g/mol. The van der Waals surface area contributed by atoms with Crippen LogP contribution in [0.15, 0.2) is 53.4 Å². The first kappa shape index (κ1) is 22.2. The summed E-state index contributed by atoms with van der Waals surface area (Å²) in [5.74, 6) is -0.847. The molecule has 0 bridgehead atoms. The van der Waals surface area contributed by atoms with Crippen LogP contribution >= 0.6 is 0 Å². The second-order valence-corrected chi connectivity index (χ2v) is 9.88. The summed E-state index contributed by atoms with van der Waals surface area (Å²) in [7, 11) is -3.45. The van der Waals surface area contributed by atoms with Crippen LogP contribution in [-0.4, -0.2) is 55.0 Å². The van der Waals surface area contributed by atoms with Crippen LogP contribution < -0.4 is 5.32 Å². The summed E-state index contributed by atoms with van der Waals surface area (Å²) in [5, 5.41) is 2.79. The molecular weight excluding hydrogens is 430 g/mol. The van der Waals surface area contributed by atoms with E-state index in [9.17, 15) is 22.8 Å². The highest BCUT2D eigenvalue weighted by Crippen LogP contribution is 2.23. The summed E-state index contributed by atoms with van der Waals surface area (Å²) in [4.78, 5) is 38.3. The SMILES string of the molecule is O=C(CCCN1C(=O)c2ccccc2C1=O)NCc1ccc(S(=O)(=O)N2CCCC2)cc1. The lowest BCUT2D eigenvalue weighted by Crippen LogP contribution is -2.32. The Labute approximate surface area is 187 Å². The molecule has 2 aliphatic heterocycles. The molecule has 3 amide bonds. The number of carbonyl (C=O) groups is 3. The second-order valence-electron chi connectivity index (χ2n) is 7.94. The van der Waals surface area contributed by atoms with Gasteiger partial charge in [0.25, 0.3) is 11.8 Å². The highest BCUT2D eigenvalue weighted by Gasteiger charge is 2.34. The van der Waals surface area contributed by atoms with E-state index < -0.39 is 10.0 Å². The van der Waals surface area contributed by atoms with Crippen molar-refractivity contribution in [2.75, 3.05) is 19.6 Å². The van der Waals surface area contributed by atoms with Crippen LogP contribution in [0.2, 0.25) is 0 Å². The van der Waals surface area contributed by atoms with Crippen molar-refractivity contribution in [2.24, 2.45) is 0 Å². The molecule has 2 heterocycles. The number of sulfonamides is 1. The maximum Gasteiger partial charge on any atom is 0.261 e. The first-order valence-corrected chi connectivity index (χ1v) is 12.1. The van der Waals surface area contributed by atoms with E-state index in [0.29, 0.717) is 30.6 Å². The molecule has 0 spiro atoms. The summed E-state index contributed by atoms with van der Waals surface area (Å²) in [6.07, 6.45) is 2.31. The lowest BCUT2D eigenvalue weighted by atomic mass is 10.1. The molecule has 0 aromatic heterocycles. The third-order valence-electron chi connectivity index (χ3n) is 5.78. The fourth-order valence-corrected chi connectivity index (χ4v) is 5.50. The van der Waals surface area contributed by atoms with E-state index in [-0.39, 0.29) is 42.1 Å². The van der Waals surface area contributed by atoms with Gasteiger partial charge in [0.2, 0.25) is 15.9 Å². The van der Waals surface area contributed by atoms with Gasteiger partial charge in [-0.3, -0.25) is 19.3 Å². The molecule has 1 N–H and O–H groups in total. The molecule has 0 unspecified atom stereocenters. The molecule has 1 fully saturated rings. The number of fused-ring (bicyclic) bond motifs is 1. The van der Waals surface area contributed by atoms with Crippen molar-refractivity contribution >= 4 is 27.7 Å². The Kier molecular flexibility index (Phi) is 6.38. The molecule has 1 saturated heterocycles. The van der Waals surface area contributed by atoms with Crippen molar-refractivity contribution < 1.29 is 22.8 Å². The minimum atomic E-state index is -3.45. The van der Waals surface area contributed by atoms with Gasteiger partial charge >= 0.3 is 0 Å². The minimum absolute atomic E-state index is 0.175.